The molecule has 0 spiro atoms. The molecule has 88 valence electrons. The smallest absolute Gasteiger partial charge is 0.0818 e. The van der Waals surface area contributed by atoms with Crippen molar-refractivity contribution in [3.8, 4) is 0 Å². The Balaban J connectivity index is 1.94. The zero-order valence-electron chi connectivity index (χ0n) is 8.80. The average molecular weight is 236 g/mol. The van der Waals surface area contributed by atoms with Crippen molar-refractivity contribution in [2.24, 2.45) is 5.41 Å². The molecule has 1 aliphatic heterocycles. The average Bonchev–Trinajstić information content (AvgIpc) is 2.14. The number of hydrogen-bond acceptors (Lipinski definition) is 4. The molecule has 0 aromatic rings. The molecule has 0 bridgehead atoms. The fourth-order valence-electron chi connectivity index (χ4n) is 1.33. The van der Waals surface area contributed by atoms with Crippen LogP contribution < -0.4 is 5.32 Å². The van der Waals surface area contributed by atoms with Crippen molar-refractivity contribution in [3.63, 3.8) is 0 Å². The van der Waals surface area contributed by atoms with Crippen LogP contribution >= 0.6 is 11.6 Å². The van der Waals surface area contributed by atoms with E-state index in [1.807, 2.05) is 0 Å². The van der Waals surface area contributed by atoms with Gasteiger partial charge in [-0.15, -0.1) is 0 Å². The number of hydrogen-bond donors (Lipinski definition) is 2. The second kappa shape index (κ2) is 6.45. The third-order valence-electron chi connectivity index (χ3n) is 2.37. The monoisotopic (exact) mass is 235 g/mol. The van der Waals surface area contributed by atoms with E-state index in [4.69, 9.17) is 26.2 Å². The van der Waals surface area contributed by atoms with Crippen molar-refractivity contribution in [3.05, 3.63) is 11.6 Å². The Labute approximate surface area is 95.2 Å². The first-order valence-corrected chi connectivity index (χ1v) is 5.37. The highest BCUT2D eigenvalue weighted by Gasteiger charge is 2.36. The van der Waals surface area contributed by atoms with Crippen molar-refractivity contribution in [2.75, 3.05) is 46.1 Å². The highest BCUT2D eigenvalue weighted by Crippen LogP contribution is 2.21. The van der Waals surface area contributed by atoms with E-state index in [2.05, 4.69) is 11.9 Å². The molecule has 0 atom stereocenters. The zero-order chi connectivity index (χ0) is 11.1. The van der Waals surface area contributed by atoms with Gasteiger partial charge in [0.1, 0.15) is 0 Å². The molecule has 15 heavy (non-hydrogen) atoms. The van der Waals surface area contributed by atoms with Crippen LogP contribution in [0.15, 0.2) is 11.6 Å². The molecule has 2 N–H and O–H groups in total. The number of halogens is 1. The van der Waals surface area contributed by atoms with Gasteiger partial charge < -0.3 is 19.9 Å². The van der Waals surface area contributed by atoms with Crippen LogP contribution in [0, 0.1) is 5.41 Å². The first-order chi connectivity index (χ1) is 7.18. The second-order valence-corrected chi connectivity index (χ2v) is 4.42. The molecular weight excluding hydrogens is 218 g/mol. The fourth-order valence-corrected chi connectivity index (χ4v) is 1.40. The SMILES string of the molecule is C=C(Cl)COCCOCC1(CO)CNC1. The maximum absolute atomic E-state index is 9.13. The Morgan fingerprint density at radius 3 is 2.53 bits per heavy atom. The van der Waals surface area contributed by atoms with Crippen molar-refractivity contribution >= 4 is 11.6 Å². The standard InChI is InChI=1S/C10H18ClNO3/c1-9(11)4-14-2-3-15-8-10(7-13)5-12-6-10/h12-13H,1-8H2. The summed E-state index contributed by atoms with van der Waals surface area (Å²) < 4.78 is 10.6. The minimum absolute atomic E-state index is 0.0733. The number of nitrogens with one attached hydrogen (secondary N) is 1. The summed E-state index contributed by atoms with van der Waals surface area (Å²) >= 11 is 5.52. The molecule has 1 rings (SSSR count). The summed E-state index contributed by atoms with van der Waals surface area (Å²) in [6, 6.07) is 0. The molecule has 0 amide bonds. The van der Waals surface area contributed by atoms with E-state index in [-0.39, 0.29) is 12.0 Å². The van der Waals surface area contributed by atoms with Crippen LogP contribution in [0.1, 0.15) is 0 Å². The molecule has 0 saturated carbocycles. The van der Waals surface area contributed by atoms with E-state index in [0.29, 0.717) is 31.5 Å². The van der Waals surface area contributed by atoms with Crippen LogP contribution in [0.3, 0.4) is 0 Å². The van der Waals surface area contributed by atoms with Gasteiger partial charge in [0.05, 0.1) is 33.0 Å². The number of rotatable bonds is 8. The fraction of sp³-hybridized carbons (Fsp3) is 0.800. The van der Waals surface area contributed by atoms with Crippen molar-refractivity contribution < 1.29 is 14.6 Å². The van der Waals surface area contributed by atoms with Gasteiger partial charge in [-0.2, -0.15) is 0 Å². The van der Waals surface area contributed by atoms with Crippen LogP contribution in [-0.4, -0.2) is 51.2 Å². The molecule has 0 aromatic carbocycles. The van der Waals surface area contributed by atoms with Gasteiger partial charge in [-0.25, -0.2) is 0 Å². The predicted octanol–water partition coefficient (Wildman–Crippen LogP) is 0.354. The minimum Gasteiger partial charge on any atom is -0.396 e. The summed E-state index contributed by atoms with van der Waals surface area (Å²) in [5, 5.41) is 12.7. The van der Waals surface area contributed by atoms with E-state index in [9.17, 15) is 0 Å². The van der Waals surface area contributed by atoms with Gasteiger partial charge in [-0.3, -0.25) is 0 Å². The summed E-state index contributed by atoms with van der Waals surface area (Å²) in [5.74, 6) is 0. The molecule has 4 nitrogen and oxygen atoms in total. The maximum atomic E-state index is 9.13. The molecule has 1 saturated heterocycles. The van der Waals surface area contributed by atoms with Gasteiger partial charge in [0, 0.05) is 23.5 Å². The third-order valence-corrected chi connectivity index (χ3v) is 2.48. The summed E-state index contributed by atoms with van der Waals surface area (Å²) in [6.45, 7) is 7.27. The highest BCUT2D eigenvalue weighted by atomic mass is 35.5. The van der Waals surface area contributed by atoms with Crippen LogP contribution in [-0.2, 0) is 9.47 Å². The summed E-state index contributed by atoms with van der Waals surface area (Å²) in [5.41, 5.74) is -0.0733. The topological polar surface area (TPSA) is 50.7 Å². The first kappa shape index (κ1) is 12.9. The molecular formula is C10H18ClNO3. The van der Waals surface area contributed by atoms with Gasteiger partial charge >= 0.3 is 0 Å². The Hall–Kier alpha value is -0.130. The highest BCUT2D eigenvalue weighted by molar-refractivity contribution is 6.29. The van der Waals surface area contributed by atoms with Crippen LogP contribution in [0.5, 0.6) is 0 Å². The van der Waals surface area contributed by atoms with E-state index in [1.165, 1.54) is 0 Å². The van der Waals surface area contributed by atoms with Crippen molar-refractivity contribution in [1.29, 1.82) is 0 Å². The van der Waals surface area contributed by atoms with Crippen LogP contribution in [0.25, 0.3) is 0 Å². The van der Waals surface area contributed by atoms with Gasteiger partial charge in [-0.05, 0) is 0 Å². The lowest BCUT2D eigenvalue weighted by molar-refractivity contribution is -0.0393. The lowest BCUT2D eigenvalue weighted by Crippen LogP contribution is -2.58. The first-order valence-electron chi connectivity index (χ1n) is 4.99. The Morgan fingerprint density at radius 2 is 2.07 bits per heavy atom. The van der Waals surface area contributed by atoms with Gasteiger partial charge in [-0.1, -0.05) is 18.2 Å². The third kappa shape index (κ3) is 4.49. The predicted molar refractivity (Wildman–Crippen MR) is 59.0 cm³/mol. The summed E-state index contributed by atoms with van der Waals surface area (Å²) in [7, 11) is 0. The largest absolute Gasteiger partial charge is 0.396 e. The molecule has 1 heterocycles. The van der Waals surface area contributed by atoms with Gasteiger partial charge in [0.15, 0.2) is 0 Å². The molecule has 5 heteroatoms. The number of aliphatic hydroxyl groups excluding tert-OH is 1. The zero-order valence-corrected chi connectivity index (χ0v) is 9.55. The van der Waals surface area contributed by atoms with E-state index in [0.717, 1.165) is 13.1 Å². The Morgan fingerprint density at radius 1 is 1.40 bits per heavy atom. The van der Waals surface area contributed by atoms with E-state index in [1.54, 1.807) is 0 Å². The van der Waals surface area contributed by atoms with Crippen LogP contribution in [0.4, 0.5) is 0 Å². The van der Waals surface area contributed by atoms with E-state index < -0.39 is 0 Å². The molecule has 0 aromatic heterocycles. The van der Waals surface area contributed by atoms with E-state index >= 15 is 0 Å². The van der Waals surface area contributed by atoms with Crippen molar-refractivity contribution in [1.82, 2.24) is 5.32 Å². The lowest BCUT2D eigenvalue weighted by Gasteiger charge is -2.40. The minimum atomic E-state index is -0.0733. The summed E-state index contributed by atoms with van der Waals surface area (Å²) in [4.78, 5) is 0. The lowest BCUT2D eigenvalue weighted by atomic mass is 9.84. The van der Waals surface area contributed by atoms with Crippen LogP contribution in [0.2, 0.25) is 0 Å². The molecule has 0 aliphatic carbocycles. The maximum Gasteiger partial charge on any atom is 0.0818 e. The Kier molecular flexibility index (Phi) is 5.56. The second-order valence-electron chi connectivity index (χ2n) is 3.88. The van der Waals surface area contributed by atoms with Gasteiger partial charge in [0.2, 0.25) is 0 Å². The molecule has 0 unspecified atom stereocenters. The van der Waals surface area contributed by atoms with Crippen molar-refractivity contribution in [2.45, 2.75) is 0 Å². The molecule has 0 radical (unpaired) electrons. The number of aliphatic hydroxyl groups is 1. The quantitative estimate of drug-likeness (QED) is 0.597. The summed E-state index contributed by atoms with van der Waals surface area (Å²) in [6.07, 6.45) is 0. The van der Waals surface area contributed by atoms with Gasteiger partial charge in [0.25, 0.3) is 0 Å². The normalized spacial score (nSPS) is 18.5. The molecule has 1 aliphatic rings. The number of ether oxygens (including phenoxy) is 2. The Bertz CT molecular complexity index is 201. The molecule has 1 fully saturated rings.